The van der Waals surface area contributed by atoms with E-state index >= 15 is 0 Å². The van der Waals surface area contributed by atoms with E-state index in [4.69, 9.17) is 4.98 Å². The highest BCUT2D eigenvalue weighted by atomic mass is 32.2. The van der Waals surface area contributed by atoms with Crippen LogP contribution in [0, 0.1) is 6.92 Å². The molecule has 8 heteroatoms. The molecular formula is C26H27N3O3S2. The lowest BCUT2D eigenvalue weighted by molar-refractivity contribution is -0.118. The Balaban J connectivity index is 1.53. The highest BCUT2D eigenvalue weighted by Gasteiger charge is 2.22. The summed E-state index contributed by atoms with van der Waals surface area (Å²) in [5.74, 6) is -0.226. The number of carbonyl (C=O) groups excluding carboxylic acids is 1. The number of amides is 1. The summed E-state index contributed by atoms with van der Waals surface area (Å²) in [5.41, 5.74) is 4.01. The Labute approximate surface area is 204 Å². The number of hydrogen-bond acceptors (Lipinski definition) is 6. The number of aromatic nitrogens is 2. The lowest BCUT2D eigenvalue weighted by Crippen LogP contribution is -2.30. The molecule has 6 nitrogen and oxygen atoms in total. The van der Waals surface area contributed by atoms with Gasteiger partial charge in [-0.05, 0) is 67.3 Å². The summed E-state index contributed by atoms with van der Waals surface area (Å²) >= 11 is 1.48. The smallest absolute Gasteiger partial charge is 0.229 e. The van der Waals surface area contributed by atoms with E-state index in [1.165, 1.54) is 16.9 Å². The van der Waals surface area contributed by atoms with Crippen LogP contribution in [0.25, 0.3) is 10.2 Å². The third kappa shape index (κ3) is 5.69. The molecule has 0 aliphatic carbocycles. The van der Waals surface area contributed by atoms with E-state index in [0.29, 0.717) is 11.7 Å². The van der Waals surface area contributed by atoms with Crippen molar-refractivity contribution in [2.24, 2.45) is 0 Å². The van der Waals surface area contributed by atoms with Gasteiger partial charge in [-0.15, -0.1) is 0 Å². The van der Waals surface area contributed by atoms with Crippen molar-refractivity contribution in [2.75, 3.05) is 10.7 Å². The van der Waals surface area contributed by atoms with Crippen LogP contribution in [-0.2, 0) is 27.6 Å². The summed E-state index contributed by atoms with van der Waals surface area (Å²) in [6, 6.07) is 16.7. The van der Waals surface area contributed by atoms with Gasteiger partial charge >= 0.3 is 0 Å². The minimum Gasteiger partial charge on any atom is -0.284 e. The minimum absolute atomic E-state index is 0.0788. The average Bonchev–Trinajstić information content (AvgIpc) is 3.26. The molecule has 0 N–H and O–H groups in total. The van der Waals surface area contributed by atoms with E-state index < -0.39 is 9.84 Å². The van der Waals surface area contributed by atoms with Crippen molar-refractivity contribution < 1.29 is 13.2 Å². The van der Waals surface area contributed by atoms with Gasteiger partial charge in [0, 0.05) is 18.8 Å². The zero-order valence-corrected chi connectivity index (χ0v) is 20.9. The van der Waals surface area contributed by atoms with Gasteiger partial charge in [-0.3, -0.25) is 14.7 Å². The van der Waals surface area contributed by atoms with E-state index in [9.17, 15) is 13.2 Å². The number of nitrogens with zero attached hydrogens (tertiary/aromatic N) is 3. The molecule has 2 aromatic carbocycles. The quantitative estimate of drug-likeness (QED) is 0.314. The normalized spacial score (nSPS) is 11.6. The Kier molecular flexibility index (Phi) is 7.38. The highest BCUT2D eigenvalue weighted by molar-refractivity contribution is 7.91. The molecule has 2 heterocycles. The fraction of sp³-hybridized carbons (Fsp3) is 0.269. The molecule has 1 amide bonds. The van der Waals surface area contributed by atoms with Gasteiger partial charge in [-0.25, -0.2) is 13.4 Å². The SMILES string of the molecule is CCc1ccc2nc(N(Cc3ccncc3)C(=O)CCCS(=O)(=O)c3ccc(C)cc3)sc2c1. The number of thiazole rings is 1. The molecule has 0 saturated heterocycles. The Bertz CT molecular complexity index is 1380. The Morgan fingerprint density at radius 3 is 2.44 bits per heavy atom. The number of aryl methyl sites for hydroxylation is 2. The molecule has 4 aromatic rings. The van der Waals surface area contributed by atoms with Crippen LogP contribution >= 0.6 is 11.3 Å². The summed E-state index contributed by atoms with van der Waals surface area (Å²) in [6.45, 7) is 4.37. The van der Waals surface area contributed by atoms with Crippen molar-refractivity contribution in [3.05, 3.63) is 83.7 Å². The van der Waals surface area contributed by atoms with E-state index in [1.807, 2.05) is 25.1 Å². The molecule has 2 aromatic heterocycles. The van der Waals surface area contributed by atoms with Crippen molar-refractivity contribution >= 4 is 42.4 Å². The third-order valence-electron chi connectivity index (χ3n) is 5.66. The molecule has 0 aliphatic rings. The Morgan fingerprint density at radius 2 is 1.74 bits per heavy atom. The first-order valence-electron chi connectivity index (χ1n) is 11.2. The van der Waals surface area contributed by atoms with Gasteiger partial charge in [-0.2, -0.15) is 0 Å². The van der Waals surface area contributed by atoms with Gasteiger partial charge in [0.2, 0.25) is 5.91 Å². The van der Waals surface area contributed by atoms with Gasteiger partial charge in [0.15, 0.2) is 15.0 Å². The first-order valence-corrected chi connectivity index (χ1v) is 13.7. The van der Waals surface area contributed by atoms with Crippen LogP contribution in [0.4, 0.5) is 5.13 Å². The number of sulfone groups is 1. The van der Waals surface area contributed by atoms with Crippen molar-refractivity contribution in [1.29, 1.82) is 0 Å². The fourth-order valence-corrected chi connectivity index (χ4v) is 5.99. The van der Waals surface area contributed by atoms with Gasteiger partial charge in [0.25, 0.3) is 0 Å². The van der Waals surface area contributed by atoms with Gasteiger partial charge in [0.1, 0.15) is 0 Å². The predicted molar refractivity (Wildman–Crippen MR) is 137 cm³/mol. The van der Waals surface area contributed by atoms with E-state index in [0.717, 1.165) is 27.8 Å². The maximum atomic E-state index is 13.3. The van der Waals surface area contributed by atoms with Crippen LogP contribution < -0.4 is 4.90 Å². The summed E-state index contributed by atoms with van der Waals surface area (Å²) in [7, 11) is -3.44. The van der Waals surface area contributed by atoms with Gasteiger partial charge in [-0.1, -0.05) is 42.0 Å². The largest absolute Gasteiger partial charge is 0.284 e. The van der Waals surface area contributed by atoms with Crippen LogP contribution in [0.15, 0.2) is 71.9 Å². The van der Waals surface area contributed by atoms with Crippen LogP contribution in [0.2, 0.25) is 0 Å². The number of carbonyl (C=O) groups is 1. The molecule has 0 atom stereocenters. The maximum absolute atomic E-state index is 13.3. The number of benzene rings is 2. The summed E-state index contributed by atoms with van der Waals surface area (Å²) in [6.07, 6.45) is 4.67. The fourth-order valence-electron chi connectivity index (χ4n) is 3.64. The van der Waals surface area contributed by atoms with Crippen LogP contribution in [0.1, 0.15) is 36.5 Å². The number of rotatable bonds is 9. The second-order valence-corrected chi connectivity index (χ2v) is 11.3. The molecule has 0 spiro atoms. The number of pyridine rings is 1. The topological polar surface area (TPSA) is 80.2 Å². The molecule has 0 aliphatic heterocycles. The molecule has 4 rings (SSSR count). The monoisotopic (exact) mass is 493 g/mol. The molecule has 34 heavy (non-hydrogen) atoms. The molecule has 0 saturated carbocycles. The Morgan fingerprint density at radius 1 is 1.00 bits per heavy atom. The lowest BCUT2D eigenvalue weighted by atomic mass is 10.2. The first kappa shape index (κ1) is 24.0. The number of fused-ring (bicyclic) bond motifs is 1. The molecule has 0 radical (unpaired) electrons. The summed E-state index contributed by atoms with van der Waals surface area (Å²) in [4.78, 5) is 24.0. The lowest BCUT2D eigenvalue weighted by Gasteiger charge is -2.20. The van der Waals surface area contributed by atoms with E-state index in [1.54, 1.807) is 41.6 Å². The second-order valence-electron chi connectivity index (χ2n) is 8.22. The Hall–Kier alpha value is -3.10. The van der Waals surface area contributed by atoms with Crippen molar-refractivity contribution in [1.82, 2.24) is 9.97 Å². The molecule has 176 valence electrons. The van der Waals surface area contributed by atoms with Crippen LogP contribution in [0.3, 0.4) is 0 Å². The van der Waals surface area contributed by atoms with Crippen LogP contribution in [0.5, 0.6) is 0 Å². The first-order chi connectivity index (χ1) is 16.4. The van der Waals surface area contributed by atoms with Crippen LogP contribution in [-0.4, -0.2) is 30.0 Å². The van der Waals surface area contributed by atoms with Crippen molar-refractivity contribution in [3.8, 4) is 0 Å². The van der Waals surface area contributed by atoms with E-state index in [2.05, 4.69) is 24.0 Å². The zero-order valence-electron chi connectivity index (χ0n) is 19.3. The average molecular weight is 494 g/mol. The summed E-state index contributed by atoms with van der Waals surface area (Å²) < 4.78 is 26.4. The standard InChI is InChI=1S/C26H27N3O3S2/c1-3-20-8-11-23-24(17-20)33-26(28-23)29(18-21-12-14-27-15-13-21)25(30)5-4-16-34(31,32)22-9-6-19(2)7-10-22/h6-15,17H,3-5,16,18H2,1-2H3. The van der Waals surface area contributed by atoms with E-state index in [-0.39, 0.29) is 29.4 Å². The zero-order chi connectivity index (χ0) is 24.1. The van der Waals surface area contributed by atoms with Crippen molar-refractivity contribution in [3.63, 3.8) is 0 Å². The molecule has 0 fully saturated rings. The summed E-state index contributed by atoms with van der Waals surface area (Å²) in [5, 5.41) is 0.617. The minimum atomic E-state index is -3.44. The molecular weight excluding hydrogens is 466 g/mol. The highest BCUT2D eigenvalue weighted by Crippen LogP contribution is 2.31. The molecule has 0 bridgehead atoms. The van der Waals surface area contributed by atoms with Gasteiger partial charge in [0.05, 0.1) is 27.4 Å². The number of hydrogen-bond donors (Lipinski definition) is 0. The number of anilines is 1. The maximum Gasteiger partial charge on any atom is 0.229 e. The van der Waals surface area contributed by atoms with Crippen molar-refractivity contribution in [2.45, 2.75) is 44.6 Å². The third-order valence-corrected chi connectivity index (χ3v) is 8.51. The predicted octanol–water partition coefficient (Wildman–Crippen LogP) is 5.35. The van der Waals surface area contributed by atoms with Gasteiger partial charge < -0.3 is 0 Å². The second kappa shape index (κ2) is 10.4. The molecule has 0 unspecified atom stereocenters.